The Morgan fingerprint density at radius 2 is 2.05 bits per heavy atom. The molecule has 3 atom stereocenters. The van der Waals surface area contributed by atoms with Crippen LogP contribution in [0.5, 0.6) is 0 Å². The van der Waals surface area contributed by atoms with Crippen LogP contribution in [0.4, 0.5) is 0 Å². The summed E-state index contributed by atoms with van der Waals surface area (Å²) in [6, 6.07) is 8.53. The van der Waals surface area contributed by atoms with Gasteiger partial charge in [-0.25, -0.2) is 0 Å². The highest BCUT2D eigenvalue weighted by molar-refractivity contribution is 5.79. The molecule has 1 fully saturated rings. The molecule has 1 aliphatic rings. The van der Waals surface area contributed by atoms with Crippen LogP contribution in [0.1, 0.15) is 49.8 Å². The van der Waals surface area contributed by atoms with E-state index in [0.717, 1.165) is 25.7 Å². The SMILES string of the molecule is CCC(NC(=O)[C@@H]1CCC[C@@H]1CN)c1ccc(C)cc1. The number of rotatable bonds is 5. The molecule has 1 aromatic carbocycles. The Morgan fingerprint density at radius 3 is 2.65 bits per heavy atom. The first kappa shape index (κ1) is 15.0. The van der Waals surface area contributed by atoms with Crippen LogP contribution >= 0.6 is 0 Å². The summed E-state index contributed by atoms with van der Waals surface area (Å²) in [7, 11) is 0. The molecule has 3 N–H and O–H groups in total. The van der Waals surface area contributed by atoms with Gasteiger partial charge in [0, 0.05) is 5.92 Å². The Bertz CT molecular complexity index is 441. The predicted molar refractivity (Wildman–Crippen MR) is 82.2 cm³/mol. The number of nitrogens with one attached hydrogen (secondary N) is 1. The summed E-state index contributed by atoms with van der Waals surface area (Å²) in [6.07, 6.45) is 4.12. The van der Waals surface area contributed by atoms with Crippen molar-refractivity contribution in [1.29, 1.82) is 0 Å². The van der Waals surface area contributed by atoms with E-state index < -0.39 is 0 Å². The Kier molecular flexibility index (Phi) is 5.18. The second kappa shape index (κ2) is 6.89. The minimum absolute atomic E-state index is 0.111. The van der Waals surface area contributed by atoms with Crippen LogP contribution in [0.25, 0.3) is 0 Å². The molecule has 1 aliphatic carbocycles. The van der Waals surface area contributed by atoms with E-state index in [0.29, 0.717) is 12.5 Å². The van der Waals surface area contributed by atoms with Crippen molar-refractivity contribution in [3.05, 3.63) is 35.4 Å². The summed E-state index contributed by atoms with van der Waals surface area (Å²) in [4.78, 5) is 12.5. The van der Waals surface area contributed by atoms with E-state index in [4.69, 9.17) is 5.73 Å². The molecule has 110 valence electrons. The minimum Gasteiger partial charge on any atom is -0.349 e. The third kappa shape index (κ3) is 3.40. The minimum atomic E-state index is 0.111. The Balaban J connectivity index is 2.02. The summed E-state index contributed by atoms with van der Waals surface area (Å²) in [5, 5.41) is 3.21. The molecule has 1 unspecified atom stereocenters. The molecule has 0 spiro atoms. The lowest BCUT2D eigenvalue weighted by molar-refractivity contribution is -0.126. The highest BCUT2D eigenvalue weighted by Gasteiger charge is 2.32. The molecule has 0 heterocycles. The number of hydrogen-bond acceptors (Lipinski definition) is 2. The largest absolute Gasteiger partial charge is 0.349 e. The van der Waals surface area contributed by atoms with Gasteiger partial charge < -0.3 is 11.1 Å². The lowest BCUT2D eigenvalue weighted by Crippen LogP contribution is -2.37. The standard InChI is InChI=1S/C17H26N2O/c1-3-16(13-9-7-12(2)8-10-13)19-17(20)15-6-4-5-14(15)11-18/h7-10,14-16H,3-6,11,18H2,1-2H3,(H,19,20)/t14-,15-,16?/m1/s1. The number of hydrogen-bond donors (Lipinski definition) is 2. The van der Waals surface area contributed by atoms with Crippen LogP contribution in [-0.2, 0) is 4.79 Å². The van der Waals surface area contributed by atoms with Gasteiger partial charge in [-0.15, -0.1) is 0 Å². The topological polar surface area (TPSA) is 55.1 Å². The first-order valence-electron chi connectivity index (χ1n) is 7.72. The number of nitrogens with two attached hydrogens (primary N) is 1. The Morgan fingerprint density at radius 1 is 1.35 bits per heavy atom. The van der Waals surface area contributed by atoms with Gasteiger partial charge in [0.15, 0.2) is 0 Å². The molecule has 0 aromatic heterocycles. The quantitative estimate of drug-likeness (QED) is 0.867. The zero-order valence-electron chi connectivity index (χ0n) is 12.6. The smallest absolute Gasteiger partial charge is 0.223 e. The average Bonchev–Trinajstić information content (AvgIpc) is 2.94. The first-order valence-corrected chi connectivity index (χ1v) is 7.72. The van der Waals surface area contributed by atoms with Crippen LogP contribution in [-0.4, -0.2) is 12.5 Å². The normalized spacial score (nSPS) is 23.6. The van der Waals surface area contributed by atoms with Crippen LogP contribution in [0, 0.1) is 18.8 Å². The average molecular weight is 274 g/mol. The van der Waals surface area contributed by atoms with Gasteiger partial charge in [-0.2, -0.15) is 0 Å². The van der Waals surface area contributed by atoms with E-state index in [9.17, 15) is 4.79 Å². The lowest BCUT2D eigenvalue weighted by Gasteiger charge is -2.23. The molecular weight excluding hydrogens is 248 g/mol. The van der Waals surface area contributed by atoms with Gasteiger partial charge >= 0.3 is 0 Å². The molecule has 0 bridgehead atoms. The maximum absolute atomic E-state index is 12.5. The Labute approximate surface area is 121 Å². The molecule has 2 rings (SSSR count). The molecule has 3 nitrogen and oxygen atoms in total. The fourth-order valence-corrected chi connectivity index (χ4v) is 3.16. The van der Waals surface area contributed by atoms with Gasteiger partial charge in [0.1, 0.15) is 0 Å². The maximum Gasteiger partial charge on any atom is 0.223 e. The van der Waals surface area contributed by atoms with Crippen LogP contribution in [0.15, 0.2) is 24.3 Å². The van der Waals surface area contributed by atoms with Crippen LogP contribution in [0.3, 0.4) is 0 Å². The van der Waals surface area contributed by atoms with Crippen molar-refractivity contribution >= 4 is 5.91 Å². The van der Waals surface area contributed by atoms with Crippen molar-refractivity contribution < 1.29 is 4.79 Å². The maximum atomic E-state index is 12.5. The zero-order valence-corrected chi connectivity index (χ0v) is 12.6. The second-order valence-corrected chi connectivity index (χ2v) is 5.91. The number of benzene rings is 1. The molecule has 0 aliphatic heterocycles. The van der Waals surface area contributed by atoms with E-state index in [1.54, 1.807) is 0 Å². The van der Waals surface area contributed by atoms with E-state index in [2.05, 4.69) is 43.4 Å². The first-order chi connectivity index (χ1) is 9.65. The van der Waals surface area contributed by atoms with Crippen LogP contribution < -0.4 is 11.1 Å². The predicted octanol–water partition coefficient (Wildman–Crippen LogP) is 2.94. The highest BCUT2D eigenvalue weighted by Crippen LogP contribution is 2.31. The summed E-state index contributed by atoms with van der Waals surface area (Å²) in [5.41, 5.74) is 8.21. The van der Waals surface area contributed by atoms with Gasteiger partial charge in [-0.3, -0.25) is 4.79 Å². The molecule has 1 amide bonds. The summed E-state index contributed by atoms with van der Waals surface area (Å²) >= 11 is 0. The monoisotopic (exact) mass is 274 g/mol. The molecule has 20 heavy (non-hydrogen) atoms. The van der Waals surface area contributed by atoms with Crippen molar-refractivity contribution in [1.82, 2.24) is 5.32 Å². The molecule has 1 saturated carbocycles. The molecule has 0 saturated heterocycles. The van der Waals surface area contributed by atoms with Crippen molar-refractivity contribution in [2.45, 2.75) is 45.6 Å². The molecular formula is C17H26N2O. The van der Waals surface area contributed by atoms with Crippen molar-refractivity contribution in [3.8, 4) is 0 Å². The number of carbonyl (C=O) groups excluding carboxylic acids is 1. The molecule has 3 heteroatoms. The van der Waals surface area contributed by atoms with E-state index in [-0.39, 0.29) is 17.9 Å². The summed E-state index contributed by atoms with van der Waals surface area (Å²) in [5.74, 6) is 0.662. The van der Waals surface area contributed by atoms with Gasteiger partial charge in [0.2, 0.25) is 5.91 Å². The van der Waals surface area contributed by atoms with Crippen molar-refractivity contribution in [2.24, 2.45) is 17.6 Å². The van der Waals surface area contributed by atoms with E-state index in [1.807, 2.05) is 0 Å². The lowest BCUT2D eigenvalue weighted by atomic mass is 9.94. The second-order valence-electron chi connectivity index (χ2n) is 5.91. The van der Waals surface area contributed by atoms with E-state index >= 15 is 0 Å². The number of aryl methyl sites for hydroxylation is 1. The number of carbonyl (C=O) groups is 1. The highest BCUT2D eigenvalue weighted by atomic mass is 16.2. The fourth-order valence-electron chi connectivity index (χ4n) is 3.16. The van der Waals surface area contributed by atoms with Crippen molar-refractivity contribution in [2.75, 3.05) is 6.54 Å². The number of amides is 1. The molecule has 1 aromatic rings. The van der Waals surface area contributed by atoms with Gasteiger partial charge in [-0.05, 0) is 44.2 Å². The zero-order chi connectivity index (χ0) is 14.5. The van der Waals surface area contributed by atoms with Gasteiger partial charge in [0.05, 0.1) is 6.04 Å². The van der Waals surface area contributed by atoms with Gasteiger partial charge in [-0.1, -0.05) is 43.2 Å². The Hall–Kier alpha value is -1.35. The fraction of sp³-hybridized carbons (Fsp3) is 0.588. The van der Waals surface area contributed by atoms with Crippen LogP contribution in [0.2, 0.25) is 0 Å². The summed E-state index contributed by atoms with van der Waals surface area (Å²) < 4.78 is 0. The van der Waals surface area contributed by atoms with Crippen molar-refractivity contribution in [3.63, 3.8) is 0 Å². The molecule has 0 radical (unpaired) electrons. The summed E-state index contributed by atoms with van der Waals surface area (Å²) in [6.45, 7) is 4.81. The van der Waals surface area contributed by atoms with E-state index in [1.165, 1.54) is 11.1 Å². The third-order valence-corrected chi connectivity index (χ3v) is 4.50. The van der Waals surface area contributed by atoms with Gasteiger partial charge in [0.25, 0.3) is 0 Å². The third-order valence-electron chi connectivity index (χ3n) is 4.50.